The van der Waals surface area contributed by atoms with Gasteiger partial charge in [0.25, 0.3) is 5.91 Å². The Hall–Kier alpha value is -3.35. The van der Waals surface area contributed by atoms with E-state index in [-0.39, 0.29) is 17.6 Å². The molecule has 2 aromatic rings. The lowest BCUT2D eigenvalue weighted by Crippen LogP contribution is -2.50. The molecule has 3 rings (SSSR count). The van der Waals surface area contributed by atoms with Crippen LogP contribution in [0.2, 0.25) is 0 Å². The van der Waals surface area contributed by atoms with Gasteiger partial charge in [-0.25, -0.2) is 4.39 Å². The minimum atomic E-state index is -0.346. The monoisotopic (exact) mass is 398 g/mol. The average Bonchev–Trinajstić information content (AvgIpc) is 2.76. The van der Waals surface area contributed by atoms with Gasteiger partial charge in [-0.2, -0.15) is 0 Å². The fourth-order valence-electron chi connectivity index (χ4n) is 3.13. The molecular weight excluding hydrogens is 375 g/mol. The second-order valence-corrected chi connectivity index (χ2v) is 6.61. The number of hydrogen-bond acceptors (Lipinski definition) is 4. The smallest absolute Gasteiger partial charge is 0.254 e. The summed E-state index contributed by atoms with van der Waals surface area (Å²) < 4.78 is 23.7. The largest absolute Gasteiger partial charge is 0.497 e. The SMILES string of the molecule is COc1cc(OC)cc(C(=O)N2CCN(C(=O)/C=C/c3cccc(F)c3)CC2)c1. The van der Waals surface area contributed by atoms with Crippen LogP contribution in [0.4, 0.5) is 4.39 Å². The highest BCUT2D eigenvalue weighted by Gasteiger charge is 2.24. The van der Waals surface area contributed by atoms with Gasteiger partial charge in [0.05, 0.1) is 14.2 Å². The van der Waals surface area contributed by atoms with Crippen LogP contribution in [0.3, 0.4) is 0 Å². The highest BCUT2D eigenvalue weighted by atomic mass is 19.1. The van der Waals surface area contributed by atoms with Gasteiger partial charge in [0.15, 0.2) is 0 Å². The number of carbonyl (C=O) groups excluding carboxylic acids is 2. The zero-order valence-corrected chi connectivity index (χ0v) is 16.4. The fourth-order valence-corrected chi connectivity index (χ4v) is 3.13. The second kappa shape index (κ2) is 9.23. The minimum Gasteiger partial charge on any atom is -0.497 e. The van der Waals surface area contributed by atoms with Crippen molar-refractivity contribution in [2.24, 2.45) is 0 Å². The summed E-state index contributed by atoms with van der Waals surface area (Å²) in [6.45, 7) is 1.72. The number of carbonyl (C=O) groups is 2. The molecular formula is C22H23FN2O4. The number of piperazine rings is 1. The van der Waals surface area contributed by atoms with Crippen molar-refractivity contribution in [1.82, 2.24) is 9.80 Å². The van der Waals surface area contributed by atoms with E-state index in [1.54, 1.807) is 46.2 Å². The molecule has 29 heavy (non-hydrogen) atoms. The van der Waals surface area contributed by atoms with Crippen molar-refractivity contribution in [3.8, 4) is 11.5 Å². The molecule has 0 aromatic heterocycles. The molecule has 1 aliphatic rings. The van der Waals surface area contributed by atoms with Crippen LogP contribution in [0, 0.1) is 5.82 Å². The van der Waals surface area contributed by atoms with Crippen molar-refractivity contribution in [3.05, 3.63) is 65.5 Å². The Morgan fingerprint density at radius 1 is 0.931 bits per heavy atom. The first-order chi connectivity index (χ1) is 14.0. The average molecular weight is 398 g/mol. The molecule has 0 saturated carbocycles. The Morgan fingerprint density at radius 3 is 2.14 bits per heavy atom. The molecule has 1 aliphatic heterocycles. The van der Waals surface area contributed by atoms with E-state index in [1.165, 1.54) is 32.4 Å². The van der Waals surface area contributed by atoms with Crippen LogP contribution in [-0.2, 0) is 4.79 Å². The molecule has 2 amide bonds. The molecule has 0 unspecified atom stereocenters. The maximum atomic E-state index is 13.2. The van der Waals surface area contributed by atoms with Crippen molar-refractivity contribution in [3.63, 3.8) is 0 Å². The van der Waals surface area contributed by atoms with Crippen LogP contribution in [0.15, 0.2) is 48.5 Å². The number of amides is 2. The molecule has 2 aromatic carbocycles. The van der Waals surface area contributed by atoms with Crippen LogP contribution in [0.1, 0.15) is 15.9 Å². The number of methoxy groups -OCH3 is 2. The third-order valence-corrected chi connectivity index (χ3v) is 4.74. The van der Waals surface area contributed by atoms with E-state index in [9.17, 15) is 14.0 Å². The zero-order chi connectivity index (χ0) is 20.8. The first-order valence-electron chi connectivity index (χ1n) is 9.25. The minimum absolute atomic E-state index is 0.135. The van der Waals surface area contributed by atoms with Gasteiger partial charge in [-0.1, -0.05) is 12.1 Å². The van der Waals surface area contributed by atoms with E-state index in [4.69, 9.17) is 9.47 Å². The third-order valence-electron chi connectivity index (χ3n) is 4.74. The van der Waals surface area contributed by atoms with Gasteiger partial charge in [0, 0.05) is 43.9 Å². The van der Waals surface area contributed by atoms with Gasteiger partial charge in [-0.15, -0.1) is 0 Å². The van der Waals surface area contributed by atoms with Crippen LogP contribution < -0.4 is 9.47 Å². The maximum Gasteiger partial charge on any atom is 0.254 e. The van der Waals surface area contributed by atoms with Gasteiger partial charge in [-0.05, 0) is 35.9 Å². The molecule has 1 saturated heterocycles. The number of ether oxygens (including phenoxy) is 2. The molecule has 6 nitrogen and oxygen atoms in total. The summed E-state index contributed by atoms with van der Waals surface area (Å²) in [5.74, 6) is 0.447. The van der Waals surface area contributed by atoms with Crippen LogP contribution in [0.5, 0.6) is 11.5 Å². The van der Waals surface area contributed by atoms with Crippen molar-refractivity contribution >= 4 is 17.9 Å². The van der Waals surface area contributed by atoms with E-state index >= 15 is 0 Å². The summed E-state index contributed by atoms with van der Waals surface area (Å²) in [5.41, 5.74) is 1.10. The first kappa shape index (κ1) is 20.4. The van der Waals surface area contributed by atoms with Gasteiger partial charge in [0.1, 0.15) is 17.3 Å². The number of rotatable bonds is 5. The van der Waals surface area contributed by atoms with Crippen LogP contribution in [-0.4, -0.2) is 62.0 Å². The van der Waals surface area contributed by atoms with Crippen molar-refractivity contribution in [2.75, 3.05) is 40.4 Å². The van der Waals surface area contributed by atoms with Crippen LogP contribution in [0.25, 0.3) is 6.08 Å². The number of benzene rings is 2. The fraction of sp³-hybridized carbons (Fsp3) is 0.273. The molecule has 0 radical (unpaired) electrons. The third kappa shape index (κ3) is 5.13. The summed E-state index contributed by atoms with van der Waals surface area (Å²) >= 11 is 0. The van der Waals surface area contributed by atoms with Crippen molar-refractivity contribution in [2.45, 2.75) is 0 Å². The predicted octanol–water partition coefficient (Wildman–Crippen LogP) is 2.84. The lowest BCUT2D eigenvalue weighted by molar-refractivity contribution is -0.127. The van der Waals surface area contributed by atoms with E-state index in [0.29, 0.717) is 48.8 Å². The molecule has 0 spiro atoms. The van der Waals surface area contributed by atoms with Gasteiger partial charge in [-0.3, -0.25) is 9.59 Å². The molecule has 0 atom stereocenters. The molecule has 7 heteroatoms. The lowest BCUT2D eigenvalue weighted by Gasteiger charge is -2.34. The summed E-state index contributed by atoms with van der Waals surface area (Å²) in [7, 11) is 3.07. The number of hydrogen-bond donors (Lipinski definition) is 0. The Balaban J connectivity index is 1.60. The predicted molar refractivity (Wildman–Crippen MR) is 107 cm³/mol. The molecule has 0 aliphatic carbocycles. The Morgan fingerprint density at radius 2 is 1.55 bits per heavy atom. The van der Waals surface area contributed by atoms with Crippen molar-refractivity contribution < 1.29 is 23.5 Å². The van der Waals surface area contributed by atoms with E-state index in [2.05, 4.69) is 0 Å². The Kier molecular flexibility index (Phi) is 6.49. The summed E-state index contributed by atoms with van der Waals surface area (Å²) in [4.78, 5) is 28.6. The molecule has 152 valence electrons. The van der Waals surface area contributed by atoms with Gasteiger partial charge >= 0.3 is 0 Å². The highest BCUT2D eigenvalue weighted by Crippen LogP contribution is 2.23. The van der Waals surface area contributed by atoms with Crippen LogP contribution >= 0.6 is 0 Å². The molecule has 0 bridgehead atoms. The number of halogens is 1. The quantitative estimate of drug-likeness (QED) is 0.727. The Bertz CT molecular complexity index is 899. The van der Waals surface area contributed by atoms with E-state index in [0.717, 1.165) is 0 Å². The molecule has 1 fully saturated rings. The highest BCUT2D eigenvalue weighted by molar-refractivity contribution is 5.96. The number of nitrogens with zero attached hydrogens (tertiary/aromatic N) is 2. The second-order valence-electron chi connectivity index (χ2n) is 6.61. The van der Waals surface area contributed by atoms with Crippen molar-refractivity contribution in [1.29, 1.82) is 0 Å². The standard InChI is InChI=1S/C22H23FN2O4/c1-28-19-13-17(14-20(15-19)29-2)22(27)25-10-8-24(9-11-25)21(26)7-6-16-4-3-5-18(23)12-16/h3-7,12-15H,8-11H2,1-2H3/b7-6+. The topological polar surface area (TPSA) is 59.1 Å². The first-order valence-corrected chi connectivity index (χ1v) is 9.25. The summed E-state index contributed by atoms with van der Waals surface area (Å²) in [5, 5.41) is 0. The summed E-state index contributed by atoms with van der Waals surface area (Å²) in [6, 6.07) is 11.1. The van der Waals surface area contributed by atoms with E-state index < -0.39 is 0 Å². The maximum absolute atomic E-state index is 13.2. The molecule has 1 heterocycles. The van der Waals surface area contributed by atoms with E-state index in [1.807, 2.05) is 0 Å². The molecule has 0 N–H and O–H groups in total. The summed E-state index contributed by atoms with van der Waals surface area (Å²) in [6.07, 6.45) is 3.02. The normalized spacial score (nSPS) is 14.2. The van der Waals surface area contributed by atoms with Gasteiger partial charge in [0.2, 0.25) is 5.91 Å². The Labute approximate surface area is 169 Å². The van der Waals surface area contributed by atoms with Gasteiger partial charge < -0.3 is 19.3 Å². The zero-order valence-electron chi connectivity index (χ0n) is 16.4. The lowest BCUT2D eigenvalue weighted by atomic mass is 10.1.